The maximum atomic E-state index is 6.10. The van der Waals surface area contributed by atoms with E-state index >= 15 is 0 Å². The van der Waals surface area contributed by atoms with E-state index in [1.54, 1.807) is 7.11 Å². The Morgan fingerprint density at radius 1 is 1.32 bits per heavy atom. The molecule has 0 bridgehead atoms. The molecule has 0 heterocycles. The van der Waals surface area contributed by atoms with Crippen molar-refractivity contribution in [2.45, 2.75) is 38.3 Å². The van der Waals surface area contributed by atoms with Gasteiger partial charge >= 0.3 is 0 Å². The Balaban J connectivity index is 2.63. The first-order valence-electron chi connectivity index (χ1n) is 6.87. The highest BCUT2D eigenvalue weighted by atomic mass is 28.2. The van der Waals surface area contributed by atoms with Crippen molar-refractivity contribution in [1.82, 2.24) is 0 Å². The Bertz CT molecular complexity index is 379. The van der Waals surface area contributed by atoms with Crippen molar-refractivity contribution in [3.05, 3.63) is 42.0 Å². The second-order valence-electron chi connectivity index (χ2n) is 4.57. The van der Waals surface area contributed by atoms with Crippen molar-refractivity contribution >= 4 is 15.8 Å². The van der Waals surface area contributed by atoms with E-state index in [1.165, 1.54) is 5.56 Å². The molecule has 0 saturated heterocycles. The Morgan fingerprint density at radius 2 is 2.11 bits per heavy atom. The van der Waals surface area contributed by atoms with Gasteiger partial charge in [0.05, 0.1) is 6.10 Å². The van der Waals surface area contributed by atoms with E-state index in [0.717, 1.165) is 25.0 Å². The fourth-order valence-corrected chi connectivity index (χ4v) is 2.95. The van der Waals surface area contributed by atoms with Crippen LogP contribution in [0.1, 0.15) is 43.9 Å². The average Bonchev–Trinajstić information content (AvgIpc) is 2.47. The first kappa shape index (κ1) is 16.2. The summed E-state index contributed by atoms with van der Waals surface area (Å²) >= 11 is 0. The van der Waals surface area contributed by atoms with E-state index < -0.39 is 0 Å². The molecule has 0 aliphatic carbocycles. The standard InChI is InChI=1S/C16H24O2Si/c1-5-13-9-8-10-14(11-13)16(7-3)18-19-15(6-2)12-17-4/h5,8-11,15-16H,1,6-7,12H2,2-4H3. The monoisotopic (exact) mass is 276 g/mol. The van der Waals surface area contributed by atoms with Gasteiger partial charge in [0.2, 0.25) is 9.76 Å². The number of methoxy groups -OCH3 is 1. The van der Waals surface area contributed by atoms with Crippen LogP contribution < -0.4 is 0 Å². The van der Waals surface area contributed by atoms with E-state index in [0.29, 0.717) is 15.3 Å². The summed E-state index contributed by atoms with van der Waals surface area (Å²) in [6.45, 7) is 8.93. The largest absolute Gasteiger partial charge is 0.410 e. The highest BCUT2D eigenvalue weighted by Crippen LogP contribution is 2.24. The quantitative estimate of drug-likeness (QED) is 0.627. The summed E-state index contributed by atoms with van der Waals surface area (Å²) in [4.78, 5) is 0. The minimum absolute atomic E-state index is 0.170. The summed E-state index contributed by atoms with van der Waals surface area (Å²) in [5.41, 5.74) is 2.88. The van der Waals surface area contributed by atoms with Crippen LogP contribution in [-0.2, 0) is 9.16 Å². The zero-order chi connectivity index (χ0) is 14.1. The summed E-state index contributed by atoms with van der Waals surface area (Å²) in [5, 5.41) is 0. The molecular weight excluding hydrogens is 252 g/mol. The van der Waals surface area contributed by atoms with Crippen LogP contribution in [0.2, 0.25) is 5.54 Å². The molecule has 19 heavy (non-hydrogen) atoms. The average molecular weight is 276 g/mol. The van der Waals surface area contributed by atoms with Gasteiger partial charge in [0, 0.05) is 19.3 Å². The number of rotatable bonds is 9. The van der Waals surface area contributed by atoms with Crippen LogP contribution in [0.3, 0.4) is 0 Å². The first-order valence-corrected chi connectivity index (χ1v) is 7.86. The van der Waals surface area contributed by atoms with Crippen LogP contribution in [0, 0.1) is 0 Å². The highest BCUT2D eigenvalue weighted by molar-refractivity contribution is 6.29. The second-order valence-corrected chi connectivity index (χ2v) is 5.86. The normalized spacial score (nSPS) is 14.1. The van der Waals surface area contributed by atoms with Gasteiger partial charge < -0.3 is 9.16 Å². The van der Waals surface area contributed by atoms with E-state index in [2.05, 4.69) is 44.7 Å². The van der Waals surface area contributed by atoms with E-state index in [4.69, 9.17) is 9.16 Å². The summed E-state index contributed by atoms with van der Waals surface area (Å²) in [5.74, 6) is 0. The van der Waals surface area contributed by atoms with E-state index in [-0.39, 0.29) is 6.10 Å². The SMILES string of the molecule is C=Cc1cccc(C(CC)O[Si]C(CC)COC)c1. The Labute approximate surface area is 119 Å². The zero-order valence-electron chi connectivity index (χ0n) is 12.2. The fraction of sp³-hybridized carbons (Fsp3) is 0.500. The summed E-state index contributed by atoms with van der Waals surface area (Å²) < 4.78 is 11.3. The molecule has 0 aliphatic rings. The van der Waals surface area contributed by atoms with Gasteiger partial charge in [-0.3, -0.25) is 0 Å². The molecule has 2 radical (unpaired) electrons. The molecule has 2 nitrogen and oxygen atoms in total. The summed E-state index contributed by atoms with van der Waals surface area (Å²) in [7, 11) is 2.24. The molecule has 0 N–H and O–H groups in total. The highest BCUT2D eigenvalue weighted by Gasteiger charge is 2.15. The molecule has 0 saturated carbocycles. The third-order valence-electron chi connectivity index (χ3n) is 3.13. The maximum absolute atomic E-state index is 6.10. The summed E-state index contributed by atoms with van der Waals surface area (Å²) in [6.07, 6.45) is 4.12. The molecule has 1 rings (SSSR count). The van der Waals surface area contributed by atoms with Gasteiger partial charge in [-0.1, -0.05) is 51.1 Å². The van der Waals surface area contributed by atoms with Crippen molar-refractivity contribution in [2.75, 3.05) is 13.7 Å². The predicted molar refractivity (Wildman–Crippen MR) is 82.3 cm³/mol. The van der Waals surface area contributed by atoms with Gasteiger partial charge in [0.25, 0.3) is 0 Å². The lowest BCUT2D eigenvalue weighted by molar-refractivity contribution is 0.171. The molecule has 0 spiro atoms. The van der Waals surface area contributed by atoms with Crippen molar-refractivity contribution in [3.63, 3.8) is 0 Å². The van der Waals surface area contributed by atoms with Crippen LogP contribution in [-0.4, -0.2) is 23.5 Å². The lowest BCUT2D eigenvalue weighted by Crippen LogP contribution is -2.15. The second kappa shape index (κ2) is 9.07. The van der Waals surface area contributed by atoms with Crippen molar-refractivity contribution in [2.24, 2.45) is 0 Å². The third kappa shape index (κ3) is 5.31. The van der Waals surface area contributed by atoms with Crippen LogP contribution in [0.4, 0.5) is 0 Å². The van der Waals surface area contributed by atoms with Crippen LogP contribution in [0.25, 0.3) is 6.08 Å². The number of hydrogen-bond acceptors (Lipinski definition) is 2. The molecule has 1 aromatic rings. The van der Waals surface area contributed by atoms with E-state index in [9.17, 15) is 0 Å². The first-order chi connectivity index (χ1) is 9.24. The lowest BCUT2D eigenvalue weighted by atomic mass is 10.0. The third-order valence-corrected chi connectivity index (χ3v) is 4.46. The Morgan fingerprint density at radius 3 is 2.68 bits per heavy atom. The molecule has 0 aromatic heterocycles. The number of benzene rings is 1. The minimum Gasteiger partial charge on any atom is -0.410 e. The zero-order valence-corrected chi connectivity index (χ0v) is 13.2. The molecular formula is C16H24O2Si. The van der Waals surface area contributed by atoms with Crippen molar-refractivity contribution < 1.29 is 9.16 Å². The maximum Gasteiger partial charge on any atom is 0.236 e. The predicted octanol–water partition coefficient (Wildman–Crippen LogP) is 4.26. The topological polar surface area (TPSA) is 18.5 Å². The molecule has 0 aliphatic heterocycles. The number of hydrogen-bond donors (Lipinski definition) is 0. The molecule has 104 valence electrons. The van der Waals surface area contributed by atoms with Crippen molar-refractivity contribution in [3.8, 4) is 0 Å². The Kier molecular flexibility index (Phi) is 7.71. The smallest absolute Gasteiger partial charge is 0.236 e. The van der Waals surface area contributed by atoms with Crippen LogP contribution in [0.5, 0.6) is 0 Å². The van der Waals surface area contributed by atoms with Crippen LogP contribution >= 0.6 is 0 Å². The van der Waals surface area contributed by atoms with Crippen molar-refractivity contribution in [1.29, 1.82) is 0 Å². The van der Waals surface area contributed by atoms with Gasteiger partial charge in [0.15, 0.2) is 0 Å². The fourth-order valence-electron chi connectivity index (χ4n) is 1.89. The number of ether oxygens (including phenoxy) is 1. The van der Waals surface area contributed by atoms with Gasteiger partial charge in [0.1, 0.15) is 0 Å². The van der Waals surface area contributed by atoms with Gasteiger partial charge in [-0.05, 0) is 23.6 Å². The molecule has 3 heteroatoms. The molecule has 2 atom stereocenters. The molecule has 1 aromatic carbocycles. The molecule has 0 amide bonds. The van der Waals surface area contributed by atoms with E-state index in [1.807, 2.05) is 6.08 Å². The van der Waals surface area contributed by atoms with Gasteiger partial charge in [-0.2, -0.15) is 0 Å². The van der Waals surface area contributed by atoms with Gasteiger partial charge in [-0.25, -0.2) is 0 Å². The van der Waals surface area contributed by atoms with Gasteiger partial charge in [-0.15, -0.1) is 0 Å². The summed E-state index contributed by atoms with van der Waals surface area (Å²) in [6, 6.07) is 8.41. The lowest BCUT2D eigenvalue weighted by Gasteiger charge is -2.20. The van der Waals surface area contributed by atoms with Crippen LogP contribution in [0.15, 0.2) is 30.8 Å². The Hall–Kier alpha value is -0.903. The minimum atomic E-state index is 0.170. The molecule has 2 unspecified atom stereocenters. The molecule has 0 fully saturated rings.